The highest BCUT2D eigenvalue weighted by molar-refractivity contribution is 7.90. The molecule has 1 aliphatic heterocycles. The second-order valence-corrected chi connectivity index (χ2v) is 12.1. The van der Waals surface area contributed by atoms with Gasteiger partial charge in [-0.05, 0) is 18.1 Å². The molecule has 0 spiro atoms. The molecular formula is C29H38N4O4S. The summed E-state index contributed by atoms with van der Waals surface area (Å²) in [4.78, 5) is 21.7. The highest BCUT2D eigenvalue weighted by Crippen LogP contribution is 2.21. The van der Waals surface area contributed by atoms with E-state index in [1.54, 1.807) is 10.8 Å². The molecule has 0 saturated carbocycles. The second-order valence-electron chi connectivity index (χ2n) is 10.2. The molecule has 1 saturated heterocycles. The van der Waals surface area contributed by atoms with E-state index >= 15 is 0 Å². The van der Waals surface area contributed by atoms with E-state index < -0.39 is 9.84 Å². The van der Waals surface area contributed by atoms with Gasteiger partial charge in [-0.15, -0.1) is 0 Å². The fourth-order valence-electron chi connectivity index (χ4n) is 4.58. The molecule has 0 N–H and O–H groups in total. The Hall–Kier alpha value is -3.01. The van der Waals surface area contributed by atoms with Gasteiger partial charge in [-0.1, -0.05) is 74.0 Å². The highest BCUT2D eigenvalue weighted by atomic mass is 32.2. The van der Waals surface area contributed by atoms with Crippen LogP contribution in [0.2, 0.25) is 0 Å². The molecule has 8 nitrogen and oxygen atoms in total. The van der Waals surface area contributed by atoms with E-state index in [1.165, 1.54) is 0 Å². The van der Waals surface area contributed by atoms with Gasteiger partial charge in [-0.25, -0.2) is 13.4 Å². The molecule has 0 atom stereocenters. The van der Waals surface area contributed by atoms with Crippen LogP contribution in [-0.4, -0.2) is 73.1 Å². The van der Waals surface area contributed by atoms with Crippen molar-refractivity contribution in [2.45, 2.75) is 44.8 Å². The van der Waals surface area contributed by atoms with Crippen LogP contribution < -0.4 is 0 Å². The summed E-state index contributed by atoms with van der Waals surface area (Å²) in [5.41, 5.74) is 3.46. The molecule has 0 radical (unpaired) electrons. The summed E-state index contributed by atoms with van der Waals surface area (Å²) in [5, 5.41) is 0.0297. The van der Waals surface area contributed by atoms with Crippen LogP contribution in [0.15, 0.2) is 66.0 Å². The number of aryl methyl sites for hydroxylation is 1. The third kappa shape index (κ3) is 7.30. The van der Waals surface area contributed by atoms with Gasteiger partial charge in [0.15, 0.2) is 0 Å². The number of carbonyl (C=O) groups is 1. The van der Waals surface area contributed by atoms with Crippen molar-refractivity contribution in [3.63, 3.8) is 0 Å². The van der Waals surface area contributed by atoms with Crippen molar-refractivity contribution >= 4 is 15.7 Å². The quantitative estimate of drug-likeness (QED) is 0.371. The minimum atomic E-state index is -3.73. The van der Waals surface area contributed by atoms with Gasteiger partial charge in [0.2, 0.25) is 20.9 Å². The summed E-state index contributed by atoms with van der Waals surface area (Å²) in [6.45, 7) is 10.8. The SMILES string of the molecule is Cc1ccc(CS(=O)(=O)c2ncc(CN(CCN3CCOCC3)C(=O)C(C)C)n2Cc2ccccc2)cc1. The zero-order valence-corrected chi connectivity index (χ0v) is 23.4. The number of sulfone groups is 1. The summed E-state index contributed by atoms with van der Waals surface area (Å²) in [7, 11) is -3.73. The molecule has 4 rings (SSSR count). The van der Waals surface area contributed by atoms with Crippen molar-refractivity contribution in [2.75, 3.05) is 39.4 Å². The molecule has 9 heteroatoms. The van der Waals surface area contributed by atoms with E-state index in [9.17, 15) is 13.2 Å². The van der Waals surface area contributed by atoms with Crippen LogP contribution in [0, 0.1) is 12.8 Å². The first-order valence-corrected chi connectivity index (χ1v) is 14.8. The predicted octanol–water partition coefficient (Wildman–Crippen LogP) is 3.53. The zero-order valence-electron chi connectivity index (χ0n) is 22.5. The average molecular weight is 539 g/mol. The van der Waals surface area contributed by atoms with Gasteiger partial charge in [0.1, 0.15) is 0 Å². The maximum absolute atomic E-state index is 13.6. The monoisotopic (exact) mass is 538 g/mol. The van der Waals surface area contributed by atoms with E-state index in [2.05, 4.69) is 9.88 Å². The summed E-state index contributed by atoms with van der Waals surface area (Å²) in [6.07, 6.45) is 1.61. The summed E-state index contributed by atoms with van der Waals surface area (Å²) < 4.78 is 34.4. The summed E-state index contributed by atoms with van der Waals surface area (Å²) >= 11 is 0. The molecule has 38 heavy (non-hydrogen) atoms. The number of imidazole rings is 1. The minimum Gasteiger partial charge on any atom is -0.379 e. The summed E-state index contributed by atoms with van der Waals surface area (Å²) in [5.74, 6) is -0.269. The Labute approximate surface area is 226 Å². The van der Waals surface area contributed by atoms with Crippen LogP contribution in [0.25, 0.3) is 0 Å². The highest BCUT2D eigenvalue weighted by Gasteiger charge is 2.27. The molecule has 2 heterocycles. The number of benzene rings is 2. The van der Waals surface area contributed by atoms with Crippen LogP contribution in [0.3, 0.4) is 0 Å². The molecule has 204 valence electrons. The maximum atomic E-state index is 13.6. The molecule has 3 aromatic rings. The first-order chi connectivity index (χ1) is 18.2. The number of amides is 1. The van der Waals surface area contributed by atoms with Gasteiger partial charge in [-0.2, -0.15) is 0 Å². The molecule has 1 aliphatic rings. The van der Waals surface area contributed by atoms with Crippen LogP contribution in [-0.2, 0) is 38.2 Å². The Morgan fingerprint density at radius 1 is 1.03 bits per heavy atom. The first-order valence-electron chi connectivity index (χ1n) is 13.2. The third-order valence-corrected chi connectivity index (χ3v) is 8.38. The van der Waals surface area contributed by atoms with Crippen LogP contribution in [0.5, 0.6) is 0 Å². The normalized spacial score (nSPS) is 14.6. The van der Waals surface area contributed by atoms with Gasteiger partial charge < -0.3 is 14.2 Å². The fraction of sp³-hybridized carbons (Fsp3) is 0.448. The van der Waals surface area contributed by atoms with Crippen molar-refractivity contribution in [2.24, 2.45) is 5.92 Å². The van der Waals surface area contributed by atoms with E-state index in [-0.39, 0.29) is 22.7 Å². The van der Waals surface area contributed by atoms with Crippen LogP contribution >= 0.6 is 0 Å². The van der Waals surface area contributed by atoms with Crippen LogP contribution in [0.4, 0.5) is 0 Å². The van der Waals surface area contributed by atoms with Crippen molar-refractivity contribution < 1.29 is 17.9 Å². The molecule has 0 aliphatic carbocycles. The molecule has 1 amide bonds. The third-order valence-electron chi connectivity index (χ3n) is 6.79. The lowest BCUT2D eigenvalue weighted by atomic mass is 10.2. The van der Waals surface area contributed by atoms with Gasteiger partial charge in [0.25, 0.3) is 0 Å². The predicted molar refractivity (Wildman–Crippen MR) is 147 cm³/mol. The molecule has 0 unspecified atom stereocenters. The zero-order chi connectivity index (χ0) is 27.1. The number of ether oxygens (including phenoxy) is 1. The smallest absolute Gasteiger partial charge is 0.228 e. The number of nitrogens with zero attached hydrogens (tertiary/aromatic N) is 4. The van der Waals surface area contributed by atoms with E-state index in [1.807, 2.05) is 80.3 Å². The number of hydrogen-bond acceptors (Lipinski definition) is 6. The molecule has 2 aromatic carbocycles. The fourth-order valence-corrected chi connectivity index (χ4v) is 6.08. The lowest BCUT2D eigenvalue weighted by Crippen LogP contribution is -2.44. The number of rotatable bonds is 11. The van der Waals surface area contributed by atoms with Gasteiger partial charge in [0.05, 0.1) is 43.9 Å². The van der Waals surface area contributed by atoms with E-state index in [0.717, 1.165) is 30.8 Å². The van der Waals surface area contributed by atoms with Crippen molar-refractivity contribution in [3.8, 4) is 0 Å². The van der Waals surface area contributed by atoms with Gasteiger partial charge >= 0.3 is 0 Å². The maximum Gasteiger partial charge on any atom is 0.228 e. The largest absolute Gasteiger partial charge is 0.379 e. The standard InChI is InChI=1S/C29H38N4O4S/c1-23(2)28(34)32(14-13-31-15-17-37-18-16-31)21-27-19-30-29(33(27)20-25-7-5-4-6-8-25)38(35,36)22-26-11-9-24(3)10-12-26/h4-12,19,23H,13-18,20-22H2,1-3H3. The van der Waals surface area contributed by atoms with Gasteiger partial charge in [-0.3, -0.25) is 9.69 Å². The summed E-state index contributed by atoms with van der Waals surface area (Å²) in [6, 6.07) is 17.2. The Morgan fingerprint density at radius 3 is 2.37 bits per heavy atom. The molecule has 1 aromatic heterocycles. The Bertz CT molecular complexity index is 1300. The second kappa shape index (κ2) is 12.7. The van der Waals surface area contributed by atoms with Crippen molar-refractivity contribution in [1.82, 2.24) is 19.4 Å². The van der Waals surface area contributed by atoms with E-state index in [4.69, 9.17) is 4.74 Å². The first kappa shape index (κ1) is 28.0. The van der Waals surface area contributed by atoms with Crippen molar-refractivity contribution in [3.05, 3.63) is 83.2 Å². The minimum absolute atomic E-state index is 0.0297. The number of aromatic nitrogens is 2. The number of hydrogen-bond donors (Lipinski definition) is 0. The molecule has 0 bridgehead atoms. The Kier molecular flexibility index (Phi) is 9.35. The van der Waals surface area contributed by atoms with E-state index in [0.29, 0.717) is 44.1 Å². The average Bonchev–Trinajstić information content (AvgIpc) is 3.31. The Morgan fingerprint density at radius 2 is 1.71 bits per heavy atom. The number of carbonyl (C=O) groups excluding carboxylic acids is 1. The molecule has 1 fully saturated rings. The topological polar surface area (TPSA) is 84.7 Å². The van der Waals surface area contributed by atoms with Crippen molar-refractivity contribution in [1.29, 1.82) is 0 Å². The Balaban J connectivity index is 1.63. The molecular weight excluding hydrogens is 500 g/mol. The van der Waals surface area contributed by atoms with Crippen LogP contribution in [0.1, 0.15) is 36.2 Å². The van der Waals surface area contributed by atoms with Gasteiger partial charge in [0, 0.05) is 32.1 Å². The number of morpholine rings is 1. The lowest BCUT2D eigenvalue weighted by molar-refractivity contribution is -0.135. The lowest BCUT2D eigenvalue weighted by Gasteiger charge is -2.31.